The van der Waals surface area contributed by atoms with Gasteiger partial charge in [-0.15, -0.1) is 0 Å². The molecular formula is C36H56O9S2. The Kier molecular flexibility index (Phi) is 12.4. The van der Waals surface area contributed by atoms with Crippen LogP contribution in [0.4, 0.5) is 9.59 Å². The van der Waals surface area contributed by atoms with Crippen molar-refractivity contribution in [3.63, 3.8) is 0 Å². The molecule has 0 N–H and O–H groups in total. The molecule has 0 saturated heterocycles. The van der Waals surface area contributed by atoms with Gasteiger partial charge in [0.1, 0.15) is 30.7 Å². The number of methoxy groups -OCH3 is 3. The van der Waals surface area contributed by atoms with Gasteiger partial charge in [-0.25, -0.2) is 9.59 Å². The largest absolute Gasteiger partial charge is 0.508 e. The monoisotopic (exact) mass is 696 g/mol. The summed E-state index contributed by atoms with van der Waals surface area (Å²) in [4.78, 5) is 24.5. The molecule has 9 nitrogen and oxygen atoms in total. The topological polar surface area (TPSA) is 98.8 Å². The number of rotatable bonds is 11. The molecule has 4 rings (SSSR count). The number of allylic oxidation sites excluding steroid dienone is 3. The van der Waals surface area contributed by atoms with Gasteiger partial charge in [-0.2, -0.15) is 0 Å². The van der Waals surface area contributed by atoms with Crippen LogP contribution in [0.15, 0.2) is 23.3 Å². The number of thioether (sulfide) groups is 1. The molecule has 3 saturated carbocycles. The molecule has 0 radical (unpaired) electrons. The van der Waals surface area contributed by atoms with Gasteiger partial charge in [0.25, 0.3) is 0 Å². The van der Waals surface area contributed by atoms with E-state index in [1.165, 1.54) is 38.0 Å². The molecule has 10 atom stereocenters. The Labute approximate surface area is 291 Å². The maximum atomic E-state index is 12.5. The first-order valence-electron chi connectivity index (χ1n) is 16.9. The number of fused-ring (bicyclic) bond motifs is 5. The van der Waals surface area contributed by atoms with Crippen LogP contribution in [0.1, 0.15) is 86.5 Å². The summed E-state index contributed by atoms with van der Waals surface area (Å²) in [5.74, 6) is 2.05. The molecule has 0 bridgehead atoms. The van der Waals surface area contributed by atoms with Crippen LogP contribution in [0.5, 0.6) is 0 Å². The molecule has 0 amide bonds. The van der Waals surface area contributed by atoms with Crippen LogP contribution in [0, 0.1) is 40.4 Å². The van der Waals surface area contributed by atoms with E-state index in [-0.39, 0.29) is 24.2 Å². The lowest BCUT2D eigenvalue weighted by Crippen LogP contribution is -2.54. The minimum absolute atomic E-state index is 0.147. The summed E-state index contributed by atoms with van der Waals surface area (Å²) in [6.07, 6.45) is 10.1. The van der Waals surface area contributed by atoms with E-state index < -0.39 is 35.5 Å². The number of carbonyl (C=O) groups is 2. The zero-order valence-electron chi connectivity index (χ0n) is 29.9. The van der Waals surface area contributed by atoms with Crippen LogP contribution < -0.4 is 0 Å². The van der Waals surface area contributed by atoms with Gasteiger partial charge >= 0.3 is 12.3 Å². The van der Waals surface area contributed by atoms with Gasteiger partial charge < -0.3 is 33.2 Å². The molecule has 0 spiro atoms. The van der Waals surface area contributed by atoms with Crippen molar-refractivity contribution in [1.29, 1.82) is 0 Å². The highest BCUT2D eigenvalue weighted by molar-refractivity contribution is 8.22. The molecule has 0 aliphatic heterocycles. The van der Waals surface area contributed by atoms with E-state index in [1.807, 2.05) is 6.26 Å². The van der Waals surface area contributed by atoms with Crippen LogP contribution in [0.25, 0.3) is 0 Å². The van der Waals surface area contributed by atoms with E-state index in [4.69, 9.17) is 45.4 Å². The van der Waals surface area contributed by atoms with Crippen LogP contribution >= 0.6 is 24.0 Å². The molecule has 0 aromatic rings. The van der Waals surface area contributed by atoms with Crippen molar-refractivity contribution in [2.45, 2.75) is 110 Å². The summed E-state index contributed by atoms with van der Waals surface area (Å²) in [5.41, 5.74) is 1.78. The van der Waals surface area contributed by atoms with E-state index in [2.05, 4.69) is 53.7 Å². The fraction of sp³-hybridized carbons (Fsp3) is 0.806. The Morgan fingerprint density at radius 1 is 1.02 bits per heavy atom. The second-order valence-electron chi connectivity index (χ2n) is 15.0. The zero-order valence-corrected chi connectivity index (χ0v) is 31.6. The Bertz CT molecular complexity index is 1220. The van der Waals surface area contributed by atoms with Gasteiger partial charge in [0.2, 0.25) is 4.38 Å². The summed E-state index contributed by atoms with van der Waals surface area (Å²) in [7, 11) is 4.25. The molecule has 266 valence electrons. The van der Waals surface area contributed by atoms with Crippen molar-refractivity contribution < 1.29 is 42.7 Å². The standard InChI is InChI=1S/C36H56O9S2/c1-21(17-29(45-33(46)47-10)34(3,4)42-20-39-7)22(2)26-13-14-27-25-12-11-23-18-24(43-31(37)40-8)19-30(44-32(38)41-9)36(23,6)28(25)15-16-35(26,27)5/h11-12,21-22,24,26-30H,13-20H2,1-10H3/t21-,22-,24-,26-,27+,28+,29+,30+,35-,36+/m1/s1. The maximum Gasteiger partial charge on any atom is 0.508 e. The van der Waals surface area contributed by atoms with E-state index in [0.717, 1.165) is 31.3 Å². The predicted molar refractivity (Wildman–Crippen MR) is 186 cm³/mol. The molecular weight excluding hydrogens is 641 g/mol. The maximum absolute atomic E-state index is 12.5. The lowest BCUT2D eigenvalue weighted by Gasteiger charge is -2.57. The number of hydrogen-bond acceptors (Lipinski definition) is 11. The summed E-state index contributed by atoms with van der Waals surface area (Å²) in [5, 5.41) is 0. The second kappa shape index (κ2) is 15.4. The average Bonchev–Trinajstić information content (AvgIpc) is 3.40. The lowest BCUT2D eigenvalue weighted by atomic mass is 9.49. The Morgan fingerprint density at radius 2 is 1.70 bits per heavy atom. The van der Waals surface area contributed by atoms with Crippen LogP contribution in [0.2, 0.25) is 0 Å². The van der Waals surface area contributed by atoms with Crippen molar-refractivity contribution in [2.75, 3.05) is 34.4 Å². The molecule has 4 aliphatic rings. The first kappa shape index (κ1) is 38.0. The van der Waals surface area contributed by atoms with Gasteiger partial charge in [-0.3, -0.25) is 0 Å². The third-order valence-corrected chi connectivity index (χ3v) is 13.4. The number of carbonyl (C=O) groups excluding carboxylic acids is 2. The number of hydrogen-bond donors (Lipinski definition) is 0. The summed E-state index contributed by atoms with van der Waals surface area (Å²) in [6, 6.07) is 0. The Morgan fingerprint density at radius 3 is 2.34 bits per heavy atom. The van der Waals surface area contributed by atoms with Crippen LogP contribution in [-0.4, -0.2) is 75.0 Å². The highest BCUT2D eigenvalue weighted by atomic mass is 32.2. The van der Waals surface area contributed by atoms with E-state index in [1.54, 1.807) is 7.11 Å². The van der Waals surface area contributed by atoms with Gasteiger partial charge in [0, 0.05) is 25.4 Å². The fourth-order valence-electron chi connectivity index (χ4n) is 9.41. The molecule has 0 heterocycles. The van der Waals surface area contributed by atoms with Crippen molar-refractivity contribution in [2.24, 2.45) is 40.4 Å². The van der Waals surface area contributed by atoms with Gasteiger partial charge in [0.05, 0.1) is 14.2 Å². The predicted octanol–water partition coefficient (Wildman–Crippen LogP) is 8.49. The summed E-state index contributed by atoms with van der Waals surface area (Å²) < 4.78 is 39.4. The van der Waals surface area contributed by atoms with Crippen LogP contribution in [-0.2, 0) is 33.2 Å². The number of thiocarbonyl (C=S) groups is 1. The lowest BCUT2D eigenvalue weighted by molar-refractivity contribution is -0.159. The molecule has 4 aliphatic carbocycles. The molecule has 11 heteroatoms. The normalized spacial score (nSPS) is 33.4. The molecule has 47 heavy (non-hydrogen) atoms. The van der Waals surface area contributed by atoms with E-state index >= 15 is 0 Å². The van der Waals surface area contributed by atoms with E-state index in [0.29, 0.717) is 40.9 Å². The molecule has 0 aromatic heterocycles. The Hall–Kier alpha value is -1.82. The zero-order chi connectivity index (χ0) is 34.7. The van der Waals surface area contributed by atoms with Crippen molar-refractivity contribution in [1.82, 2.24) is 0 Å². The summed E-state index contributed by atoms with van der Waals surface area (Å²) in [6.45, 7) is 13.8. The highest BCUT2D eigenvalue weighted by Crippen LogP contribution is 2.66. The Balaban J connectivity index is 1.57. The third kappa shape index (κ3) is 7.68. The average molecular weight is 697 g/mol. The first-order valence-corrected chi connectivity index (χ1v) is 18.6. The van der Waals surface area contributed by atoms with Crippen molar-refractivity contribution in [3.8, 4) is 0 Å². The minimum Gasteiger partial charge on any atom is -0.472 e. The van der Waals surface area contributed by atoms with Gasteiger partial charge in [0.15, 0.2) is 0 Å². The quantitative estimate of drug-likeness (QED) is 0.118. The molecule has 0 unspecified atom stereocenters. The van der Waals surface area contributed by atoms with Gasteiger partial charge in [-0.05, 0) is 99.4 Å². The van der Waals surface area contributed by atoms with Gasteiger partial charge in [-0.1, -0.05) is 62.8 Å². The van der Waals surface area contributed by atoms with Crippen molar-refractivity contribution in [3.05, 3.63) is 23.3 Å². The summed E-state index contributed by atoms with van der Waals surface area (Å²) >= 11 is 6.93. The molecule has 0 aromatic carbocycles. The number of ether oxygens (including phenoxy) is 7. The highest BCUT2D eigenvalue weighted by Gasteiger charge is 2.60. The SMILES string of the molecule is COCOC(C)(C)[C@H](C[C@@H](C)[C@@H](C)[C@H]1CC[C@H]2C3=CC=C4C[C@@H](OC(=O)OC)C[C@H](OC(=O)OC)[C@]4(C)[C@H]3CC[C@]12C)OC(=S)SC. The molecule has 3 fully saturated rings. The first-order chi connectivity index (χ1) is 22.2. The second-order valence-corrected chi connectivity index (χ2v) is 16.4. The fourth-order valence-corrected chi connectivity index (χ4v) is 9.74. The minimum atomic E-state index is -0.729. The van der Waals surface area contributed by atoms with Crippen LogP contribution in [0.3, 0.4) is 0 Å². The van der Waals surface area contributed by atoms with Crippen molar-refractivity contribution >= 4 is 40.7 Å². The third-order valence-electron chi connectivity index (χ3n) is 12.4. The smallest absolute Gasteiger partial charge is 0.472 e. The van der Waals surface area contributed by atoms with E-state index in [9.17, 15) is 9.59 Å².